The molecule has 4 bridgehead atoms. The number of carbonyl (C=O) groups excluding carboxylic acids is 2. The molecule has 0 unspecified atom stereocenters. The number of aryl methyl sites for hydroxylation is 1. The van der Waals surface area contributed by atoms with Gasteiger partial charge in [0.15, 0.2) is 0 Å². The molecule has 2 N–H and O–H groups in total. The molecule has 0 aromatic heterocycles. The average molecular weight is 395 g/mol. The van der Waals surface area contributed by atoms with E-state index in [1.165, 1.54) is 5.56 Å². The number of hydrogen-bond acceptors (Lipinski definition) is 4. The van der Waals surface area contributed by atoms with E-state index in [9.17, 15) is 14.9 Å². The van der Waals surface area contributed by atoms with E-state index in [0.29, 0.717) is 12.3 Å². The van der Waals surface area contributed by atoms with E-state index in [-0.39, 0.29) is 24.4 Å². The van der Waals surface area contributed by atoms with Gasteiger partial charge in [-0.25, -0.2) is 0 Å². The first-order valence-electron chi connectivity index (χ1n) is 10.8. The Bertz CT molecular complexity index is 859. The second-order valence-electron chi connectivity index (χ2n) is 9.18. The maximum absolute atomic E-state index is 13.5. The Morgan fingerprint density at radius 3 is 2.86 bits per heavy atom. The van der Waals surface area contributed by atoms with Gasteiger partial charge in [-0.15, -0.1) is 0 Å². The largest absolute Gasteiger partial charge is 0.325 e. The van der Waals surface area contributed by atoms with Crippen LogP contribution in [-0.4, -0.2) is 41.9 Å². The lowest BCUT2D eigenvalue weighted by Gasteiger charge is -2.28. The predicted molar refractivity (Wildman–Crippen MR) is 111 cm³/mol. The number of anilines is 1. The minimum absolute atomic E-state index is 0.0448. The highest BCUT2D eigenvalue weighted by Gasteiger charge is 2.56. The molecule has 4 rings (SSSR count). The molecule has 2 amide bonds. The van der Waals surface area contributed by atoms with Crippen molar-refractivity contribution in [3.8, 4) is 6.07 Å². The molecule has 1 aromatic rings. The number of carbonyl (C=O) groups is 2. The summed E-state index contributed by atoms with van der Waals surface area (Å²) in [7, 11) is 0. The summed E-state index contributed by atoms with van der Waals surface area (Å²) in [5.74, 6) is 0.239. The first-order valence-corrected chi connectivity index (χ1v) is 10.8. The zero-order chi connectivity index (χ0) is 20.6. The van der Waals surface area contributed by atoms with Gasteiger partial charge in [-0.05, 0) is 55.3 Å². The number of rotatable bonds is 2. The summed E-state index contributed by atoms with van der Waals surface area (Å²) in [5, 5.41) is 16.3. The van der Waals surface area contributed by atoms with E-state index in [1.54, 1.807) is 4.90 Å². The standard InChI is InChI=1S/C23H30N4O2/c1-15(2)10-20-21(28)27-14-23(12-17(27)13-24)18-11-16(6-4-3-5-9-25-20)7-8-19(18)26-22(23)29/h7-8,11,15,17,20,25H,3-6,9-10,12,14H2,1-2H3,(H,26,29)/t17-,20-,23-/m0/s1. The van der Waals surface area contributed by atoms with E-state index in [4.69, 9.17) is 0 Å². The fourth-order valence-corrected chi connectivity index (χ4v) is 5.08. The molecule has 1 spiro atoms. The van der Waals surface area contributed by atoms with Crippen LogP contribution in [0.4, 0.5) is 5.69 Å². The van der Waals surface area contributed by atoms with Crippen molar-refractivity contribution in [2.24, 2.45) is 5.92 Å². The zero-order valence-corrected chi connectivity index (χ0v) is 17.3. The van der Waals surface area contributed by atoms with Crippen molar-refractivity contribution in [2.45, 2.75) is 69.9 Å². The molecule has 0 aliphatic carbocycles. The van der Waals surface area contributed by atoms with Gasteiger partial charge >= 0.3 is 0 Å². The van der Waals surface area contributed by atoms with Crippen LogP contribution in [0.2, 0.25) is 0 Å². The quantitative estimate of drug-likeness (QED) is 0.808. The van der Waals surface area contributed by atoms with Gasteiger partial charge in [0.25, 0.3) is 0 Å². The predicted octanol–water partition coefficient (Wildman–Crippen LogP) is 2.73. The zero-order valence-electron chi connectivity index (χ0n) is 17.3. The smallest absolute Gasteiger partial charge is 0.240 e. The summed E-state index contributed by atoms with van der Waals surface area (Å²) in [6.07, 6.45) is 5.29. The average Bonchev–Trinajstić information content (AvgIpc) is 3.21. The van der Waals surface area contributed by atoms with Gasteiger partial charge in [-0.3, -0.25) is 9.59 Å². The molecule has 0 saturated carbocycles. The van der Waals surface area contributed by atoms with Gasteiger partial charge in [0.2, 0.25) is 11.8 Å². The van der Waals surface area contributed by atoms with Crippen molar-refractivity contribution in [2.75, 3.05) is 18.4 Å². The van der Waals surface area contributed by atoms with Crippen LogP contribution in [0.5, 0.6) is 0 Å². The first kappa shape index (κ1) is 19.9. The Hall–Kier alpha value is -2.39. The molecular formula is C23H30N4O2. The van der Waals surface area contributed by atoms with E-state index in [0.717, 1.165) is 49.9 Å². The molecule has 3 atom stereocenters. The topological polar surface area (TPSA) is 85.2 Å². The Balaban J connectivity index is 1.75. The lowest BCUT2D eigenvalue weighted by Crippen LogP contribution is -2.50. The van der Waals surface area contributed by atoms with Gasteiger partial charge < -0.3 is 15.5 Å². The van der Waals surface area contributed by atoms with Gasteiger partial charge in [-0.2, -0.15) is 5.26 Å². The van der Waals surface area contributed by atoms with Crippen molar-refractivity contribution in [3.63, 3.8) is 0 Å². The summed E-state index contributed by atoms with van der Waals surface area (Å²) in [6, 6.07) is 7.61. The van der Waals surface area contributed by atoms with Crippen molar-refractivity contribution in [1.82, 2.24) is 10.2 Å². The van der Waals surface area contributed by atoms with Gasteiger partial charge in [0, 0.05) is 18.7 Å². The molecular weight excluding hydrogens is 364 g/mol. The Labute approximate surface area is 172 Å². The Morgan fingerprint density at radius 2 is 2.10 bits per heavy atom. The number of nitriles is 1. The Kier molecular flexibility index (Phi) is 5.35. The molecule has 6 nitrogen and oxygen atoms in total. The molecule has 29 heavy (non-hydrogen) atoms. The first-order chi connectivity index (χ1) is 13.9. The van der Waals surface area contributed by atoms with Crippen molar-refractivity contribution in [1.29, 1.82) is 5.26 Å². The lowest BCUT2D eigenvalue weighted by atomic mass is 9.79. The summed E-state index contributed by atoms with van der Waals surface area (Å²) < 4.78 is 0. The van der Waals surface area contributed by atoms with Crippen LogP contribution >= 0.6 is 0 Å². The summed E-state index contributed by atoms with van der Waals surface area (Å²) in [6.45, 7) is 5.29. The molecule has 3 aliphatic rings. The normalized spacial score (nSPS) is 29.5. The second kappa shape index (κ2) is 7.79. The molecule has 1 fully saturated rings. The van der Waals surface area contributed by atoms with Crippen LogP contribution in [0.25, 0.3) is 0 Å². The third kappa shape index (κ3) is 3.53. The fraction of sp³-hybridized carbons (Fsp3) is 0.609. The highest BCUT2D eigenvalue weighted by Crippen LogP contribution is 2.47. The van der Waals surface area contributed by atoms with Crippen LogP contribution in [0.1, 0.15) is 57.1 Å². The van der Waals surface area contributed by atoms with Crippen molar-refractivity contribution >= 4 is 17.5 Å². The lowest BCUT2D eigenvalue weighted by molar-refractivity contribution is -0.134. The Morgan fingerprint density at radius 1 is 1.28 bits per heavy atom. The molecule has 3 aliphatic heterocycles. The molecule has 3 heterocycles. The van der Waals surface area contributed by atoms with E-state index >= 15 is 0 Å². The summed E-state index contributed by atoms with van der Waals surface area (Å²) in [4.78, 5) is 28.2. The summed E-state index contributed by atoms with van der Waals surface area (Å²) >= 11 is 0. The highest BCUT2D eigenvalue weighted by atomic mass is 16.2. The van der Waals surface area contributed by atoms with Gasteiger partial charge in [0.05, 0.1) is 17.5 Å². The van der Waals surface area contributed by atoms with E-state index in [1.807, 2.05) is 6.07 Å². The van der Waals surface area contributed by atoms with Crippen LogP contribution in [-0.2, 0) is 21.4 Å². The number of benzene rings is 1. The van der Waals surface area contributed by atoms with Crippen LogP contribution in [0.3, 0.4) is 0 Å². The maximum atomic E-state index is 13.5. The number of nitrogens with one attached hydrogen (secondary N) is 2. The van der Waals surface area contributed by atoms with E-state index in [2.05, 4.69) is 42.7 Å². The molecule has 1 saturated heterocycles. The minimum atomic E-state index is -0.812. The van der Waals surface area contributed by atoms with Gasteiger partial charge in [-0.1, -0.05) is 32.4 Å². The number of hydrogen-bond donors (Lipinski definition) is 2. The molecule has 154 valence electrons. The van der Waals surface area contributed by atoms with Crippen LogP contribution in [0.15, 0.2) is 18.2 Å². The third-order valence-corrected chi connectivity index (χ3v) is 6.61. The van der Waals surface area contributed by atoms with E-state index < -0.39 is 11.5 Å². The molecule has 0 radical (unpaired) electrons. The number of amides is 2. The second-order valence-corrected chi connectivity index (χ2v) is 9.18. The summed E-state index contributed by atoms with van der Waals surface area (Å²) in [5.41, 5.74) is 2.20. The fourth-order valence-electron chi connectivity index (χ4n) is 5.08. The third-order valence-electron chi connectivity index (χ3n) is 6.61. The van der Waals surface area contributed by atoms with Crippen molar-refractivity contribution < 1.29 is 9.59 Å². The highest BCUT2D eigenvalue weighted by molar-refractivity contribution is 6.07. The van der Waals surface area contributed by atoms with Gasteiger partial charge in [0.1, 0.15) is 6.04 Å². The monoisotopic (exact) mass is 394 g/mol. The number of nitrogens with zero attached hydrogens (tertiary/aromatic N) is 2. The van der Waals surface area contributed by atoms with Crippen LogP contribution in [0, 0.1) is 17.2 Å². The molecule has 6 heteroatoms. The van der Waals surface area contributed by atoms with Crippen molar-refractivity contribution in [3.05, 3.63) is 29.3 Å². The SMILES string of the molecule is CC(C)C[C@@H]1NCCCCCc2ccc3c(c2)[C@@]2(C[C@@H](C#N)N(C2)C1=O)C(=O)N3. The van der Waals surface area contributed by atoms with Crippen LogP contribution < -0.4 is 10.6 Å². The minimum Gasteiger partial charge on any atom is -0.325 e. The molecule has 1 aromatic carbocycles. The maximum Gasteiger partial charge on any atom is 0.240 e. The number of fused-ring (bicyclic) bond motifs is 2.